The van der Waals surface area contributed by atoms with E-state index in [0.29, 0.717) is 35.2 Å². The first-order valence-corrected chi connectivity index (χ1v) is 8.14. The lowest BCUT2D eigenvalue weighted by Gasteiger charge is -2.10. The first-order valence-electron chi connectivity index (χ1n) is 7.38. The first kappa shape index (κ1) is 19.3. The summed E-state index contributed by atoms with van der Waals surface area (Å²) in [6, 6.07) is 6.99. The minimum Gasteiger partial charge on any atom is -0.494 e. The summed E-state index contributed by atoms with van der Waals surface area (Å²) >= 11 is 11.7. The molecule has 0 bridgehead atoms. The molecule has 2 aromatic carbocycles. The van der Waals surface area contributed by atoms with Crippen LogP contribution in [0.1, 0.15) is 23.2 Å². The van der Waals surface area contributed by atoms with Crippen LogP contribution in [0, 0.1) is 11.6 Å². The van der Waals surface area contributed by atoms with Crippen LogP contribution in [0.25, 0.3) is 0 Å². The van der Waals surface area contributed by atoms with E-state index < -0.39 is 23.1 Å². The Hall–Kier alpha value is -2.05. The zero-order valence-corrected chi connectivity index (χ0v) is 14.5. The van der Waals surface area contributed by atoms with Crippen molar-refractivity contribution in [1.82, 2.24) is 0 Å². The second kappa shape index (κ2) is 8.87. The van der Waals surface area contributed by atoms with E-state index in [1.165, 1.54) is 0 Å². The number of rotatable bonds is 8. The second-order valence-corrected chi connectivity index (χ2v) is 5.89. The Morgan fingerprint density at radius 3 is 2.32 bits per heavy atom. The molecule has 8 heteroatoms. The van der Waals surface area contributed by atoms with Gasteiger partial charge in [0, 0.05) is 6.07 Å². The fourth-order valence-electron chi connectivity index (χ4n) is 2.01. The van der Waals surface area contributed by atoms with Gasteiger partial charge >= 0.3 is 0 Å². The summed E-state index contributed by atoms with van der Waals surface area (Å²) in [7, 11) is 0. The van der Waals surface area contributed by atoms with E-state index in [1.54, 1.807) is 18.2 Å². The van der Waals surface area contributed by atoms with Gasteiger partial charge in [0.2, 0.25) is 0 Å². The van der Waals surface area contributed by atoms with Gasteiger partial charge in [-0.1, -0.05) is 23.2 Å². The zero-order valence-electron chi connectivity index (χ0n) is 13.0. The molecule has 0 atom stereocenters. The van der Waals surface area contributed by atoms with Crippen molar-refractivity contribution in [2.45, 2.75) is 12.8 Å². The molecule has 0 radical (unpaired) electrons. The molecular weight excluding hydrogens is 375 g/mol. The minimum atomic E-state index is -1.18. The average molecular weight is 390 g/mol. The molecule has 0 aromatic heterocycles. The molecule has 4 nitrogen and oxygen atoms in total. The predicted molar refractivity (Wildman–Crippen MR) is 91.6 cm³/mol. The number of hydrogen-bond acceptors (Lipinski definition) is 3. The molecule has 134 valence electrons. The number of hydrogen-bond donors (Lipinski definition) is 1. The summed E-state index contributed by atoms with van der Waals surface area (Å²) in [6.45, 7) is 0.575. The first-order chi connectivity index (χ1) is 11.9. The second-order valence-electron chi connectivity index (χ2n) is 5.08. The lowest BCUT2D eigenvalue weighted by molar-refractivity contribution is 0.0991. The van der Waals surface area contributed by atoms with E-state index in [0.717, 1.165) is 12.1 Å². The van der Waals surface area contributed by atoms with Gasteiger partial charge in [0.05, 0.1) is 23.3 Å². The van der Waals surface area contributed by atoms with Gasteiger partial charge in [-0.05, 0) is 37.1 Å². The lowest BCUT2D eigenvalue weighted by Crippen LogP contribution is -2.16. The average Bonchev–Trinajstić information content (AvgIpc) is 2.55. The molecule has 0 saturated heterocycles. The predicted octanol–water partition coefficient (Wildman–Crippen LogP) is 4.61. The molecule has 0 aliphatic heterocycles. The highest BCUT2D eigenvalue weighted by atomic mass is 35.5. The smallest absolute Gasteiger partial charge is 0.254 e. The van der Waals surface area contributed by atoms with Crippen molar-refractivity contribution in [2.24, 2.45) is 5.73 Å². The maximum atomic E-state index is 13.9. The summed E-state index contributed by atoms with van der Waals surface area (Å²) in [5.41, 5.74) is 4.14. The summed E-state index contributed by atoms with van der Waals surface area (Å²) < 4.78 is 38.0. The largest absolute Gasteiger partial charge is 0.494 e. The fourth-order valence-corrected chi connectivity index (χ4v) is 2.30. The van der Waals surface area contributed by atoms with Gasteiger partial charge in [-0.25, -0.2) is 8.78 Å². The van der Waals surface area contributed by atoms with E-state index in [-0.39, 0.29) is 12.4 Å². The molecule has 0 heterocycles. The maximum absolute atomic E-state index is 13.9. The Balaban J connectivity index is 1.77. The Labute approximate surface area is 153 Å². The lowest BCUT2D eigenvalue weighted by atomic mass is 10.1. The molecule has 2 N–H and O–H groups in total. The van der Waals surface area contributed by atoms with Gasteiger partial charge in [0.15, 0.2) is 11.6 Å². The molecule has 0 aliphatic rings. The van der Waals surface area contributed by atoms with Gasteiger partial charge in [-0.3, -0.25) is 4.79 Å². The molecule has 0 unspecified atom stereocenters. The molecule has 0 saturated carbocycles. The number of amides is 1. The maximum Gasteiger partial charge on any atom is 0.254 e. The van der Waals surface area contributed by atoms with Gasteiger partial charge in [0.1, 0.15) is 17.1 Å². The quantitative estimate of drug-likeness (QED) is 0.670. The van der Waals surface area contributed by atoms with Crippen molar-refractivity contribution in [2.75, 3.05) is 13.2 Å². The number of carbonyl (C=O) groups excluding carboxylic acids is 1. The minimum absolute atomic E-state index is 0.172. The van der Waals surface area contributed by atoms with Crippen molar-refractivity contribution < 1.29 is 23.0 Å². The SMILES string of the molecule is NC(=O)c1c(F)ccc(OCCCCOc2ccc(Cl)c(Cl)c2)c1F. The van der Waals surface area contributed by atoms with E-state index in [2.05, 4.69) is 0 Å². The normalized spacial score (nSPS) is 10.6. The summed E-state index contributed by atoms with van der Waals surface area (Å²) in [6.07, 6.45) is 1.19. The van der Waals surface area contributed by atoms with Gasteiger partial charge in [-0.2, -0.15) is 0 Å². The molecule has 0 spiro atoms. The van der Waals surface area contributed by atoms with Crippen LogP contribution in [0.5, 0.6) is 11.5 Å². The zero-order chi connectivity index (χ0) is 18.4. The van der Waals surface area contributed by atoms with Crippen LogP contribution in [0.15, 0.2) is 30.3 Å². The van der Waals surface area contributed by atoms with E-state index in [9.17, 15) is 13.6 Å². The molecule has 1 amide bonds. The van der Waals surface area contributed by atoms with E-state index in [1.807, 2.05) is 0 Å². The molecule has 0 aliphatic carbocycles. The van der Waals surface area contributed by atoms with Gasteiger partial charge in [0.25, 0.3) is 5.91 Å². The third kappa shape index (κ3) is 5.21. The van der Waals surface area contributed by atoms with Crippen LogP contribution >= 0.6 is 23.2 Å². The van der Waals surface area contributed by atoms with Crippen molar-refractivity contribution in [3.8, 4) is 11.5 Å². The summed E-state index contributed by atoms with van der Waals surface area (Å²) in [4.78, 5) is 11.0. The van der Waals surface area contributed by atoms with Crippen LogP contribution in [0.3, 0.4) is 0 Å². The number of halogens is 4. The van der Waals surface area contributed by atoms with Crippen LogP contribution in [0.2, 0.25) is 10.0 Å². The Kier molecular flexibility index (Phi) is 6.84. The van der Waals surface area contributed by atoms with Crippen molar-refractivity contribution in [3.63, 3.8) is 0 Å². The molecule has 25 heavy (non-hydrogen) atoms. The molecule has 2 aromatic rings. The summed E-state index contributed by atoms with van der Waals surface area (Å²) in [5, 5.41) is 0.846. The Bertz CT molecular complexity index is 772. The number of nitrogens with two attached hydrogens (primary N) is 1. The van der Waals surface area contributed by atoms with E-state index >= 15 is 0 Å². The van der Waals surface area contributed by atoms with Crippen molar-refractivity contribution >= 4 is 29.1 Å². The van der Waals surface area contributed by atoms with Crippen molar-refractivity contribution in [1.29, 1.82) is 0 Å². The highest BCUT2D eigenvalue weighted by molar-refractivity contribution is 6.42. The number of carbonyl (C=O) groups is 1. The van der Waals surface area contributed by atoms with Crippen LogP contribution in [0.4, 0.5) is 8.78 Å². The fraction of sp³-hybridized carbons (Fsp3) is 0.235. The standard InChI is InChI=1S/C17H15Cl2F2NO3/c18-11-4-3-10(9-12(11)19)24-7-1-2-8-25-14-6-5-13(20)15(16(14)21)17(22)23/h3-6,9H,1-2,7-8H2,(H2,22,23). The molecular formula is C17H15Cl2F2NO3. The van der Waals surface area contributed by atoms with Gasteiger partial charge < -0.3 is 15.2 Å². The number of benzene rings is 2. The highest BCUT2D eigenvalue weighted by Gasteiger charge is 2.19. The van der Waals surface area contributed by atoms with Crippen LogP contribution in [-0.2, 0) is 0 Å². The van der Waals surface area contributed by atoms with Gasteiger partial charge in [-0.15, -0.1) is 0 Å². The monoisotopic (exact) mass is 389 g/mol. The highest BCUT2D eigenvalue weighted by Crippen LogP contribution is 2.26. The molecule has 2 rings (SSSR count). The Morgan fingerprint density at radius 2 is 1.68 bits per heavy atom. The van der Waals surface area contributed by atoms with Crippen LogP contribution in [-0.4, -0.2) is 19.1 Å². The Morgan fingerprint density at radius 1 is 1.00 bits per heavy atom. The summed E-state index contributed by atoms with van der Waals surface area (Å²) in [5.74, 6) is -2.94. The third-order valence-electron chi connectivity index (χ3n) is 3.26. The van der Waals surface area contributed by atoms with Crippen LogP contribution < -0.4 is 15.2 Å². The van der Waals surface area contributed by atoms with Crippen molar-refractivity contribution in [3.05, 3.63) is 57.6 Å². The number of ether oxygens (including phenoxy) is 2. The number of unbranched alkanes of at least 4 members (excludes halogenated alkanes) is 1. The molecule has 0 fully saturated rings. The third-order valence-corrected chi connectivity index (χ3v) is 4.00. The number of primary amides is 1. The van der Waals surface area contributed by atoms with E-state index in [4.69, 9.17) is 38.4 Å². The topological polar surface area (TPSA) is 61.6 Å².